The van der Waals surface area contributed by atoms with Gasteiger partial charge in [-0.05, 0) is 78.1 Å². The fourth-order valence-electron chi connectivity index (χ4n) is 3.61. The number of hydrogen-bond donors (Lipinski definition) is 0. The third-order valence-electron chi connectivity index (χ3n) is 5.67. The topological polar surface area (TPSA) is 133 Å². The molecule has 0 radical (unpaired) electrons. The van der Waals surface area contributed by atoms with Gasteiger partial charge in [0.05, 0.1) is 38.6 Å². The Morgan fingerprint density at radius 2 is 0.897 bits per heavy atom. The highest BCUT2D eigenvalue weighted by molar-refractivity contribution is 7.86. The minimum atomic E-state index is -3.66. The molecule has 0 aliphatic rings. The van der Waals surface area contributed by atoms with Gasteiger partial charge in [0.2, 0.25) is 0 Å². The van der Waals surface area contributed by atoms with E-state index in [0.717, 1.165) is 29.9 Å². The van der Waals surface area contributed by atoms with Gasteiger partial charge >= 0.3 is 0 Å². The summed E-state index contributed by atoms with van der Waals surface area (Å²) in [6.45, 7) is 3.29. The van der Waals surface area contributed by atoms with Crippen LogP contribution in [0.25, 0.3) is 0 Å². The standard InChI is InChI=1S/C26H31NO9S3/c1-19-6-10-25(14-22(19)17-35-38(4,30)31)27(24-12-8-21(9-13-24)16-34-37(3,28)29)26-11-7-20(2)23(15-26)18-36-39(5,32)33/h6-15H,16-18H2,1-5H3. The van der Waals surface area contributed by atoms with Crippen molar-refractivity contribution >= 4 is 47.4 Å². The summed E-state index contributed by atoms with van der Waals surface area (Å²) in [7, 11) is -10.9. The molecule has 0 heterocycles. The van der Waals surface area contributed by atoms with E-state index in [1.807, 2.05) is 55.1 Å². The highest BCUT2D eigenvalue weighted by atomic mass is 32.2. The van der Waals surface area contributed by atoms with E-state index in [0.29, 0.717) is 33.8 Å². The van der Waals surface area contributed by atoms with Crippen LogP contribution in [-0.4, -0.2) is 44.0 Å². The first-order chi connectivity index (χ1) is 18.0. The van der Waals surface area contributed by atoms with Crippen molar-refractivity contribution in [2.24, 2.45) is 0 Å². The maximum Gasteiger partial charge on any atom is 0.264 e. The first-order valence-corrected chi connectivity index (χ1v) is 17.1. The minimum absolute atomic E-state index is 0.117. The van der Waals surface area contributed by atoms with Crippen LogP contribution < -0.4 is 4.90 Å². The number of rotatable bonds is 12. The first kappa shape index (κ1) is 30.7. The highest BCUT2D eigenvalue weighted by Gasteiger charge is 2.17. The first-order valence-electron chi connectivity index (χ1n) is 11.6. The molecule has 0 saturated carbocycles. The van der Waals surface area contributed by atoms with Crippen molar-refractivity contribution in [1.29, 1.82) is 0 Å². The Morgan fingerprint density at radius 1 is 0.538 bits per heavy atom. The van der Waals surface area contributed by atoms with Gasteiger partial charge in [-0.25, -0.2) is 0 Å². The molecule has 0 N–H and O–H groups in total. The van der Waals surface area contributed by atoms with E-state index < -0.39 is 30.4 Å². The van der Waals surface area contributed by atoms with Crippen molar-refractivity contribution in [3.8, 4) is 0 Å². The van der Waals surface area contributed by atoms with Gasteiger partial charge in [-0.3, -0.25) is 12.5 Å². The summed E-state index contributed by atoms with van der Waals surface area (Å²) < 4.78 is 84.1. The van der Waals surface area contributed by atoms with Crippen LogP contribution in [0.2, 0.25) is 0 Å². The van der Waals surface area contributed by atoms with Crippen molar-refractivity contribution in [3.05, 3.63) is 88.5 Å². The van der Waals surface area contributed by atoms with Gasteiger partial charge in [-0.2, -0.15) is 25.3 Å². The molecule has 0 saturated heterocycles. The minimum Gasteiger partial charge on any atom is -0.310 e. The number of nitrogens with zero attached hydrogens (tertiary/aromatic N) is 1. The van der Waals surface area contributed by atoms with Gasteiger partial charge in [-0.1, -0.05) is 24.3 Å². The van der Waals surface area contributed by atoms with Crippen molar-refractivity contribution in [2.75, 3.05) is 23.7 Å². The maximum absolute atomic E-state index is 11.6. The van der Waals surface area contributed by atoms with Gasteiger partial charge in [0.1, 0.15) is 0 Å². The van der Waals surface area contributed by atoms with E-state index in [1.54, 1.807) is 24.3 Å². The lowest BCUT2D eigenvalue weighted by Crippen LogP contribution is -2.12. The van der Waals surface area contributed by atoms with Gasteiger partial charge in [0.15, 0.2) is 0 Å². The zero-order valence-corrected chi connectivity index (χ0v) is 24.7. The number of anilines is 3. The molecule has 13 heteroatoms. The largest absolute Gasteiger partial charge is 0.310 e. The van der Waals surface area contributed by atoms with Gasteiger partial charge in [-0.15, -0.1) is 0 Å². The second-order valence-corrected chi connectivity index (χ2v) is 14.1. The molecular formula is C26H31NO9S3. The average Bonchev–Trinajstić information content (AvgIpc) is 2.82. The van der Waals surface area contributed by atoms with Crippen LogP contribution in [-0.2, 0) is 62.7 Å². The van der Waals surface area contributed by atoms with Crippen molar-refractivity contribution < 1.29 is 37.8 Å². The Morgan fingerprint density at radius 3 is 1.28 bits per heavy atom. The lowest BCUT2D eigenvalue weighted by atomic mass is 10.0. The summed E-state index contributed by atoms with van der Waals surface area (Å²) in [5.41, 5.74) is 5.71. The van der Waals surface area contributed by atoms with E-state index >= 15 is 0 Å². The van der Waals surface area contributed by atoms with E-state index in [2.05, 4.69) is 0 Å². The van der Waals surface area contributed by atoms with Gasteiger partial charge < -0.3 is 4.90 Å². The third-order valence-corrected chi connectivity index (χ3v) is 7.31. The quantitative estimate of drug-likeness (QED) is 0.280. The lowest BCUT2D eigenvalue weighted by molar-refractivity contribution is 0.310. The molecule has 0 fully saturated rings. The zero-order chi connectivity index (χ0) is 29.0. The zero-order valence-electron chi connectivity index (χ0n) is 22.2. The van der Waals surface area contributed by atoms with Crippen molar-refractivity contribution in [1.82, 2.24) is 0 Å². The average molecular weight is 598 g/mol. The van der Waals surface area contributed by atoms with Crippen LogP contribution in [0.3, 0.4) is 0 Å². The van der Waals surface area contributed by atoms with Crippen LogP contribution in [0.5, 0.6) is 0 Å². The molecule has 0 atom stereocenters. The highest BCUT2D eigenvalue weighted by Crippen LogP contribution is 2.37. The van der Waals surface area contributed by atoms with Crippen molar-refractivity contribution in [3.63, 3.8) is 0 Å². The smallest absolute Gasteiger partial charge is 0.264 e. The lowest BCUT2D eigenvalue weighted by Gasteiger charge is -2.27. The summed E-state index contributed by atoms with van der Waals surface area (Å²) in [6, 6.07) is 18.1. The summed E-state index contributed by atoms with van der Waals surface area (Å²) in [5.74, 6) is 0. The number of hydrogen-bond acceptors (Lipinski definition) is 10. The molecule has 0 unspecified atom stereocenters. The molecule has 0 aromatic heterocycles. The molecule has 39 heavy (non-hydrogen) atoms. The van der Waals surface area contributed by atoms with E-state index in [4.69, 9.17) is 12.5 Å². The van der Waals surface area contributed by atoms with Crippen LogP contribution in [0.4, 0.5) is 17.1 Å². The van der Waals surface area contributed by atoms with E-state index in [1.165, 1.54) is 0 Å². The Bertz CT molecular complexity index is 1560. The Hall–Kier alpha value is -2.81. The van der Waals surface area contributed by atoms with Gasteiger partial charge in [0, 0.05) is 17.1 Å². The number of benzene rings is 3. The molecule has 212 valence electrons. The molecule has 3 aromatic rings. The summed E-state index contributed by atoms with van der Waals surface area (Å²) in [5, 5.41) is 0. The molecule has 0 amide bonds. The SMILES string of the molecule is Cc1ccc(N(c2ccc(COS(C)(=O)=O)cc2)c2ccc(C)c(COS(C)(=O)=O)c2)cc1COS(C)(=O)=O. The predicted octanol–water partition coefficient (Wildman–Crippen LogP) is 4.20. The molecule has 3 aromatic carbocycles. The molecule has 0 bridgehead atoms. The number of aryl methyl sites for hydroxylation is 2. The molecule has 10 nitrogen and oxygen atoms in total. The fraction of sp³-hybridized carbons (Fsp3) is 0.308. The van der Waals surface area contributed by atoms with Crippen LogP contribution in [0.1, 0.15) is 27.8 Å². The predicted molar refractivity (Wildman–Crippen MR) is 149 cm³/mol. The monoisotopic (exact) mass is 597 g/mol. The summed E-state index contributed by atoms with van der Waals surface area (Å²) in [4.78, 5) is 1.90. The Balaban J connectivity index is 2.09. The molecular weight excluding hydrogens is 566 g/mol. The second-order valence-electron chi connectivity index (χ2n) is 9.12. The summed E-state index contributed by atoms with van der Waals surface area (Å²) in [6.07, 6.45) is 2.95. The molecule has 0 aliphatic carbocycles. The van der Waals surface area contributed by atoms with Crippen molar-refractivity contribution in [2.45, 2.75) is 33.7 Å². The van der Waals surface area contributed by atoms with Gasteiger partial charge in [0.25, 0.3) is 30.4 Å². The van der Waals surface area contributed by atoms with Crippen LogP contribution in [0.15, 0.2) is 60.7 Å². The fourth-order valence-corrected chi connectivity index (χ4v) is 4.64. The molecule has 0 aliphatic heterocycles. The Kier molecular flexibility index (Phi) is 9.57. The third kappa shape index (κ3) is 9.71. The summed E-state index contributed by atoms with van der Waals surface area (Å²) >= 11 is 0. The molecule has 0 spiro atoms. The van der Waals surface area contributed by atoms with E-state index in [9.17, 15) is 25.3 Å². The van der Waals surface area contributed by atoms with Crippen LogP contribution in [0, 0.1) is 13.8 Å². The van der Waals surface area contributed by atoms with E-state index in [-0.39, 0.29) is 19.8 Å². The maximum atomic E-state index is 11.6. The van der Waals surface area contributed by atoms with Crippen LogP contribution >= 0.6 is 0 Å². The molecule has 3 rings (SSSR count). The second kappa shape index (κ2) is 12.1. The Labute approximate surface area is 230 Å². The normalized spacial score (nSPS) is 12.4.